The summed E-state index contributed by atoms with van der Waals surface area (Å²) < 4.78 is 0. The van der Waals surface area contributed by atoms with Gasteiger partial charge in [0.15, 0.2) is 0 Å². The molecule has 0 aliphatic rings. The van der Waals surface area contributed by atoms with Crippen molar-refractivity contribution in [2.24, 2.45) is 0 Å². The van der Waals surface area contributed by atoms with Crippen LogP contribution < -0.4 is 0 Å². The minimum absolute atomic E-state index is 1.02. The molecule has 0 N–H and O–H groups in total. The number of rotatable bonds is 0. The molecular formula is C14H20N2. The molecule has 2 heterocycles. The Kier molecular flexibility index (Phi) is 3.99. The molecule has 0 unspecified atom stereocenters. The Hall–Kier alpha value is -1.44. The maximum absolute atomic E-state index is 4.51. The first-order valence-corrected chi connectivity index (χ1v) is 5.80. The SMILES string of the molecule is CC.Cc1cc2c(C)cc(C)nc2c(C)n1. The predicted molar refractivity (Wildman–Crippen MR) is 69.8 cm³/mol. The van der Waals surface area contributed by atoms with Crippen LogP contribution in [0.25, 0.3) is 10.9 Å². The van der Waals surface area contributed by atoms with Gasteiger partial charge < -0.3 is 0 Å². The molecule has 2 nitrogen and oxygen atoms in total. The highest BCUT2D eigenvalue weighted by molar-refractivity contribution is 5.84. The van der Waals surface area contributed by atoms with Crippen LogP contribution in [0.4, 0.5) is 0 Å². The molecule has 86 valence electrons. The van der Waals surface area contributed by atoms with Gasteiger partial charge in [-0.1, -0.05) is 13.8 Å². The highest BCUT2D eigenvalue weighted by Crippen LogP contribution is 2.20. The maximum atomic E-state index is 4.51. The number of fused-ring (bicyclic) bond motifs is 1. The number of pyridine rings is 2. The van der Waals surface area contributed by atoms with Crippen molar-refractivity contribution in [3.05, 3.63) is 34.8 Å². The van der Waals surface area contributed by atoms with E-state index >= 15 is 0 Å². The lowest BCUT2D eigenvalue weighted by Crippen LogP contribution is -1.94. The summed E-state index contributed by atoms with van der Waals surface area (Å²) in [4.78, 5) is 8.94. The highest BCUT2D eigenvalue weighted by Gasteiger charge is 2.04. The van der Waals surface area contributed by atoms with Crippen molar-refractivity contribution in [3.63, 3.8) is 0 Å². The molecule has 2 rings (SSSR count). The van der Waals surface area contributed by atoms with Gasteiger partial charge in [0.05, 0.1) is 11.2 Å². The van der Waals surface area contributed by atoms with Gasteiger partial charge in [0.2, 0.25) is 0 Å². The zero-order chi connectivity index (χ0) is 12.3. The molecule has 2 aromatic rings. The number of hydrogen-bond donors (Lipinski definition) is 0. The second-order valence-electron chi connectivity index (χ2n) is 3.83. The minimum Gasteiger partial charge on any atom is -0.256 e. The Balaban J connectivity index is 0.000000606. The largest absolute Gasteiger partial charge is 0.256 e. The van der Waals surface area contributed by atoms with E-state index in [9.17, 15) is 0 Å². The quantitative estimate of drug-likeness (QED) is 0.667. The third kappa shape index (κ3) is 2.38. The van der Waals surface area contributed by atoms with Gasteiger partial charge in [-0.3, -0.25) is 9.97 Å². The molecule has 0 spiro atoms. The van der Waals surface area contributed by atoms with Crippen molar-refractivity contribution in [2.45, 2.75) is 41.5 Å². The first-order valence-electron chi connectivity index (χ1n) is 5.80. The third-order valence-corrected chi connectivity index (χ3v) is 2.43. The molecule has 0 radical (unpaired) electrons. The fourth-order valence-corrected chi connectivity index (χ4v) is 1.86. The third-order valence-electron chi connectivity index (χ3n) is 2.43. The summed E-state index contributed by atoms with van der Waals surface area (Å²) in [7, 11) is 0. The monoisotopic (exact) mass is 216 g/mol. The Bertz CT molecular complexity index is 454. The highest BCUT2D eigenvalue weighted by atomic mass is 14.8. The minimum atomic E-state index is 1.02. The standard InChI is InChI=1S/C12H14N2.C2H6/c1-7-5-8(2)14-12-10(4)13-9(3)6-11(7)12;1-2/h5-6H,1-4H3;1-2H3. The van der Waals surface area contributed by atoms with Crippen LogP contribution in [0.2, 0.25) is 0 Å². The molecule has 16 heavy (non-hydrogen) atoms. The van der Waals surface area contributed by atoms with Crippen LogP contribution in [0.5, 0.6) is 0 Å². The normalized spacial score (nSPS) is 9.88. The van der Waals surface area contributed by atoms with Crippen molar-refractivity contribution in [1.29, 1.82) is 0 Å². The van der Waals surface area contributed by atoms with Gasteiger partial charge >= 0.3 is 0 Å². The summed E-state index contributed by atoms with van der Waals surface area (Å²) in [6, 6.07) is 4.21. The second-order valence-corrected chi connectivity index (χ2v) is 3.83. The molecule has 2 heteroatoms. The first-order chi connectivity index (χ1) is 7.58. The fraction of sp³-hybridized carbons (Fsp3) is 0.429. The Morgan fingerprint density at radius 2 is 1.38 bits per heavy atom. The van der Waals surface area contributed by atoms with Gasteiger partial charge in [0, 0.05) is 16.8 Å². The van der Waals surface area contributed by atoms with E-state index in [-0.39, 0.29) is 0 Å². The van der Waals surface area contributed by atoms with Crippen LogP contribution >= 0.6 is 0 Å². The summed E-state index contributed by atoms with van der Waals surface area (Å²) in [6.07, 6.45) is 0. The van der Waals surface area contributed by atoms with E-state index in [1.54, 1.807) is 0 Å². The lowest BCUT2D eigenvalue weighted by molar-refractivity contribution is 1.11. The van der Waals surface area contributed by atoms with Crippen molar-refractivity contribution in [3.8, 4) is 0 Å². The molecule has 2 aromatic heterocycles. The zero-order valence-corrected chi connectivity index (χ0v) is 11.0. The number of nitrogens with zero attached hydrogens (tertiary/aromatic N) is 2. The fourth-order valence-electron chi connectivity index (χ4n) is 1.86. The number of aromatic nitrogens is 2. The average Bonchev–Trinajstić information content (AvgIpc) is 2.23. The lowest BCUT2D eigenvalue weighted by atomic mass is 10.1. The van der Waals surface area contributed by atoms with E-state index in [0.717, 1.165) is 22.6 Å². The van der Waals surface area contributed by atoms with Crippen molar-refractivity contribution in [2.75, 3.05) is 0 Å². The molecule has 0 saturated carbocycles. The lowest BCUT2D eigenvalue weighted by Gasteiger charge is -2.06. The topological polar surface area (TPSA) is 25.8 Å². The van der Waals surface area contributed by atoms with Gasteiger partial charge in [-0.2, -0.15) is 0 Å². The zero-order valence-electron chi connectivity index (χ0n) is 11.0. The summed E-state index contributed by atoms with van der Waals surface area (Å²) in [5.74, 6) is 0. The summed E-state index contributed by atoms with van der Waals surface area (Å²) >= 11 is 0. The van der Waals surface area contributed by atoms with Gasteiger partial charge in [-0.05, 0) is 45.4 Å². The Morgan fingerprint density at radius 1 is 0.812 bits per heavy atom. The van der Waals surface area contributed by atoms with Gasteiger partial charge in [0.25, 0.3) is 0 Å². The van der Waals surface area contributed by atoms with Crippen molar-refractivity contribution >= 4 is 10.9 Å². The summed E-state index contributed by atoms with van der Waals surface area (Å²) in [5.41, 5.74) is 5.45. The molecule has 0 bridgehead atoms. The maximum Gasteiger partial charge on any atom is 0.0920 e. The molecule has 0 fully saturated rings. The number of hydrogen-bond acceptors (Lipinski definition) is 2. The van der Waals surface area contributed by atoms with E-state index in [2.05, 4.69) is 29.0 Å². The second kappa shape index (κ2) is 5.06. The molecule has 0 aliphatic carbocycles. The average molecular weight is 216 g/mol. The Labute approximate surface area is 97.7 Å². The molecule has 0 amide bonds. The van der Waals surface area contributed by atoms with Crippen LogP contribution in [0, 0.1) is 27.7 Å². The summed E-state index contributed by atoms with van der Waals surface area (Å²) in [6.45, 7) is 12.2. The molecule has 0 aliphatic heterocycles. The van der Waals surface area contributed by atoms with Gasteiger partial charge in [-0.15, -0.1) is 0 Å². The van der Waals surface area contributed by atoms with Gasteiger partial charge in [-0.25, -0.2) is 0 Å². The van der Waals surface area contributed by atoms with E-state index in [1.165, 1.54) is 10.9 Å². The molecule has 0 aromatic carbocycles. The summed E-state index contributed by atoms with van der Waals surface area (Å²) in [5, 5.41) is 1.22. The number of aryl methyl sites for hydroxylation is 4. The smallest absolute Gasteiger partial charge is 0.0920 e. The van der Waals surface area contributed by atoms with Crippen LogP contribution in [0.1, 0.15) is 36.5 Å². The Morgan fingerprint density at radius 3 is 2.00 bits per heavy atom. The van der Waals surface area contributed by atoms with E-state index in [0.29, 0.717) is 0 Å². The molecular weight excluding hydrogens is 196 g/mol. The van der Waals surface area contributed by atoms with E-state index in [4.69, 9.17) is 0 Å². The predicted octanol–water partition coefficient (Wildman–Crippen LogP) is 3.89. The van der Waals surface area contributed by atoms with E-state index < -0.39 is 0 Å². The van der Waals surface area contributed by atoms with Crippen LogP contribution in [0.3, 0.4) is 0 Å². The van der Waals surface area contributed by atoms with Crippen LogP contribution in [-0.4, -0.2) is 9.97 Å². The van der Waals surface area contributed by atoms with E-state index in [1.807, 2.05) is 34.6 Å². The molecule has 0 atom stereocenters. The van der Waals surface area contributed by atoms with Gasteiger partial charge in [0.1, 0.15) is 0 Å². The van der Waals surface area contributed by atoms with Crippen LogP contribution in [-0.2, 0) is 0 Å². The van der Waals surface area contributed by atoms with Crippen LogP contribution in [0.15, 0.2) is 12.1 Å². The van der Waals surface area contributed by atoms with Crippen molar-refractivity contribution in [1.82, 2.24) is 9.97 Å². The molecule has 0 saturated heterocycles. The van der Waals surface area contributed by atoms with Crippen molar-refractivity contribution < 1.29 is 0 Å². The first kappa shape index (κ1) is 12.6.